The molecule has 4 rings (SSSR count). The third kappa shape index (κ3) is 4.19. The summed E-state index contributed by atoms with van der Waals surface area (Å²) in [5.41, 5.74) is 0.280. The lowest BCUT2D eigenvalue weighted by molar-refractivity contribution is -0.138. The molecule has 0 bridgehead atoms. The molecule has 1 saturated heterocycles. The molecule has 3 amide bonds. The molecule has 8 heteroatoms. The molecule has 2 aliphatic rings. The molecule has 1 aromatic heterocycles. The number of nitrogens with one attached hydrogen (secondary N) is 2. The van der Waals surface area contributed by atoms with E-state index in [4.69, 9.17) is 0 Å². The van der Waals surface area contributed by atoms with Gasteiger partial charge in [0.1, 0.15) is 5.82 Å². The Balaban J connectivity index is 1.41. The van der Waals surface area contributed by atoms with Crippen LogP contribution in [0.1, 0.15) is 51.4 Å². The highest BCUT2D eigenvalue weighted by Crippen LogP contribution is 2.36. The lowest BCUT2D eigenvalue weighted by atomic mass is 9.72. The van der Waals surface area contributed by atoms with E-state index in [1.807, 2.05) is 57.4 Å². The summed E-state index contributed by atoms with van der Waals surface area (Å²) in [5.74, 6) is 0.519. The van der Waals surface area contributed by atoms with Crippen LogP contribution in [0, 0.1) is 5.41 Å². The fourth-order valence-corrected chi connectivity index (χ4v) is 4.73. The van der Waals surface area contributed by atoms with Crippen LogP contribution in [0.15, 0.2) is 36.7 Å². The van der Waals surface area contributed by atoms with Crippen LogP contribution >= 0.6 is 0 Å². The number of nitrogens with zero attached hydrogens (tertiary/aromatic N) is 3. The maximum Gasteiger partial charge on any atom is 0.237 e. The van der Waals surface area contributed by atoms with Crippen molar-refractivity contribution in [2.75, 3.05) is 18.4 Å². The first kappa shape index (κ1) is 22.2. The fraction of sp³-hybridized carbons (Fsp3) is 0.500. The van der Waals surface area contributed by atoms with Gasteiger partial charge in [0.05, 0.1) is 17.4 Å². The van der Waals surface area contributed by atoms with Crippen molar-refractivity contribution in [1.29, 1.82) is 0 Å². The Labute approximate surface area is 188 Å². The first-order valence-corrected chi connectivity index (χ1v) is 11.2. The number of amides is 3. The van der Waals surface area contributed by atoms with E-state index >= 15 is 0 Å². The van der Waals surface area contributed by atoms with Gasteiger partial charge in [-0.2, -0.15) is 0 Å². The van der Waals surface area contributed by atoms with E-state index in [0.29, 0.717) is 31.5 Å². The number of fused-ring (bicyclic) bond motifs is 1. The quantitative estimate of drug-likeness (QED) is 0.677. The lowest BCUT2D eigenvalue weighted by Gasteiger charge is -2.35. The predicted molar refractivity (Wildman–Crippen MR) is 121 cm³/mol. The van der Waals surface area contributed by atoms with E-state index < -0.39 is 10.8 Å². The van der Waals surface area contributed by atoms with E-state index in [-0.39, 0.29) is 17.7 Å². The Morgan fingerprint density at radius 1 is 1.22 bits per heavy atom. The van der Waals surface area contributed by atoms with Crippen molar-refractivity contribution in [2.45, 2.75) is 58.5 Å². The SMILES string of the molecule is CCC1(c2ccc(NC(=O)C(C)(C)CN3CCn4ccnc4C3)cc2)CCC(=O)NC1=O. The van der Waals surface area contributed by atoms with Crippen LogP contribution in [0.3, 0.4) is 0 Å². The van der Waals surface area contributed by atoms with Gasteiger partial charge in [-0.3, -0.25) is 24.6 Å². The van der Waals surface area contributed by atoms with Crippen molar-refractivity contribution in [1.82, 2.24) is 19.8 Å². The first-order valence-electron chi connectivity index (χ1n) is 11.2. The highest BCUT2D eigenvalue weighted by atomic mass is 16.2. The minimum Gasteiger partial charge on any atom is -0.333 e. The summed E-state index contributed by atoms with van der Waals surface area (Å²) >= 11 is 0. The van der Waals surface area contributed by atoms with Gasteiger partial charge >= 0.3 is 0 Å². The number of rotatable bonds is 6. The van der Waals surface area contributed by atoms with Gasteiger partial charge < -0.3 is 9.88 Å². The van der Waals surface area contributed by atoms with Crippen molar-refractivity contribution in [3.05, 3.63) is 48.0 Å². The zero-order valence-electron chi connectivity index (χ0n) is 19.0. The Kier molecular flexibility index (Phi) is 5.90. The topological polar surface area (TPSA) is 96.3 Å². The maximum atomic E-state index is 13.0. The molecule has 0 radical (unpaired) electrons. The second kappa shape index (κ2) is 8.50. The van der Waals surface area contributed by atoms with Crippen molar-refractivity contribution >= 4 is 23.4 Å². The van der Waals surface area contributed by atoms with Crippen LogP contribution < -0.4 is 10.6 Å². The summed E-state index contributed by atoms with van der Waals surface area (Å²) in [6.07, 6.45) is 5.26. The molecule has 0 saturated carbocycles. The number of hydrogen-bond acceptors (Lipinski definition) is 5. The van der Waals surface area contributed by atoms with Crippen molar-refractivity contribution in [3.8, 4) is 0 Å². The van der Waals surface area contributed by atoms with E-state index in [9.17, 15) is 14.4 Å². The number of carbonyl (C=O) groups excluding carboxylic acids is 3. The smallest absolute Gasteiger partial charge is 0.237 e. The van der Waals surface area contributed by atoms with Gasteiger partial charge in [0.2, 0.25) is 17.7 Å². The third-order valence-corrected chi connectivity index (χ3v) is 6.82. The minimum absolute atomic E-state index is 0.0506. The van der Waals surface area contributed by atoms with Crippen LogP contribution in [-0.2, 0) is 32.9 Å². The van der Waals surface area contributed by atoms with Crippen LogP contribution in [0.4, 0.5) is 5.69 Å². The molecule has 1 fully saturated rings. The van der Waals surface area contributed by atoms with E-state index in [1.165, 1.54) is 0 Å². The Morgan fingerprint density at radius 2 is 1.97 bits per heavy atom. The second-order valence-corrected chi connectivity index (χ2v) is 9.48. The van der Waals surface area contributed by atoms with E-state index in [2.05, 4.69) is 25.1 Å². The van der Waals surface area contributed by atoms with Crippen molar-refractivity contribution in [3.63, 3.8) is 0 Å². The molecule has 2 N–H and O–H groups in total. The van der Waals surface area contributed by atoms with Gasteiger partial charge in [-0.1, -0.05) is 19.1 Å². The molecule has 0 aliphatic carbocycles. The van der Waals surface area contributed by atoms with Gasteiger partial charge in [0.25, 0.3) is 0 Å². The Hall–Kier alpha value is -3.00. The fourth-order valence-electron chi connectivity index (χ4n) is 4.73. The lowest BCUT2D eigenvalue weighted by Crippen LogP contribution is -2.51. The number of carbonyl (C=O) groups is 3. The maximum absolute atomic E-state index is 13.0. The summed E-state index contributed by atoms with van der Waals surface area (Å²) in [4.78, 5) is 43.9. The van der Waals surface area contributed by atoms with Gasteiger partial charge in [0, 0.05) is 44.1 Å². The second-order valence-electron chi connectivity index (χ2n) is 9.48. The summed E-state index contributed by atoms with van der Waals surface area (Å²) in [5, 5.41) is 5.50. The molecule has 3 heterocycles. The average Bonchev–Trinajstić information content (AvgIpc) is 3.22. The number of aromatic nitrogens is 2. The molecule has 32 heavy (non-hydrogen) atoms. The van der Waals surface area contributed by atoms with Gasteiger partial charge in [-0.25, -0.2) is 4.98 Å². The molecule has 2 aromatic rings. The molecule has 1 atom stereocenters. The van der Waals surface area contributed by atoms with Gasteiger partial charge in [-0.15, -0.1) is 0 Å². The number of piperidine rings is 1. The number of hydrogen-bond donors (Lipinski definition) is 2. The molecular formula is C24H31N5O3. The standard InChI is InChI=1S/C24H31N5O3/c1-4-24(10-9-20(30)27-22(24)32)17-5-7-18(8-6-17)26-21(31)23(2,3)16-28-13-14-29-12-11-25-19(29)15-28/h5-8,11-12H,4,9-10,13-16H2,1-3H3,(H,26,31)(H,27,30,32). The van der Waals surface area contributed by atoms with Crippen molar-refractivity contribution < 1.29 is 14.4 Å². The number of anilines is 1. The summed E-state index contributed by atoms with van der Waals surface area (Å²) in [6.45, 7) is 9.01. The highest BCUT2D eigenvalue weighted by Gasteiger charge is 2.42. The molecule has 0 spiro atoms. The molecule has 1 unspecified atom stereocenters. The van der Waals surface area contributed by atoms with Crippen molar-refractivity contribution in [2.24, 2.45) is 5.41 Å². The third-order valence-electron chi connectivity index (χ3n) is 6.82. The number of imidazole rings is 1. The van der Waals surface area contributed by atoms with E-state index in [0.717, 1.165) is 31.0 Å². The van der Waals surface area contributed by atoms with E-state index in [1.54, 1.807) is 0 Å². The highest BCUT2D eigenvalue weighted by molar-refractivity contribution is 6.03. The Bertz CT molecular complexity index is 1030. The molecule has 8 nitrogen and oxygen atoms in total. The monoisotopic (exact) mass is 437 g/mol. The van der Waals surface area contributed by atoms with Crippen LogP contribution in [0.2, 0.25) is 0 Å². The minimum atomic E-state index is -0.699. The van der Waals surface area contributed by atoms with Crippen LogP contribution in [-0.4, -0.2) is 45.3 Å². The number of benzene rings is 1. The molecule has 1 aromatic carbocycles. The van der Waals surface area contributed by atoms with Crippen LogP contribution in [0.25, 0.3) is 0 Å². The summed E-state index contributed by atoms with van der Waals surface area (Å²) < 4.78 is 2.15. The largest absolute Gasteiger partial charge is 0.333 e. The average molecular weight is 438 g/mol. The Morgan fingerprint density at radius 3 is 2.66 bits per heavy atom. The summed E-state index contributed by atoms with van der Waals surface area (Å²) in [7, 11) is 0. The molecule has 170 valence electrons. The zero-order chi connectivity index (χ0) is 22.9. The van der Waals surface area contributed by atoms with Crippen LogP contribution in [0.5, 0.6) is 0 Å². The normalized spacial score (nSPS) is 21.7. The van der Waals surface area contributed by atoms with Gasteiger partial charge in [0.15, 0.2) is 0 Å². The summed E-state index contributed by atoms with van der Waals surface area (Å²) in [6, 6.07) is 7.43. The zero-order valence-corrected chi connectivity index (χ0v) is 19.0. The predicted octanol–water partition coefficient (Wildman–Crippen LogP) is 2.45. The van der Waals surface area contributed by atoms with Gasteiger partial charge in [-0.05, 0) is 44.4 Å². The first-order chi connectivity index (χ1) is 15.2. The molecule has 2 aliphatic heterocycles. The molecular weight excluding hydrogens is 406 g/mol. The number of imide groups is 1.